The van der Waals surface area contributed by atoms with Gasteiger partial charge in [-0.2, -0.15) is 5.26 Å². The minimum atomic E-state index is -3.23. The Morgan fingerprint density at radius 1 is 1.60 bits per heavy atom. The highest BCUT2D eigenvalue weighted by Gasteiger charge is 2.28. The molecule has 1 heterocycles. The molecular weight excluding hydrogens is 216 g/mol. The predicted octanol–water partition coefficient (Wildman–Crippen LogP) is 0.198. The molecule has 0 aliphatic carbocycles. The third-order valence-electron chi connectivity index (χ3n) is 2.51. The van der Waals surface area contributed by atoms with Crippen molar-refractivity contribution in [2.75, 3.05) is 32.6 Å². The van der Waals surface area contributed by atoms with Crippen LogP contribution in [0.2, 0.25) is 0 Å². The summed E-state index contributed by atoms with van der Waals surface area (Å²) in [6.07, 6.45) is 1.57. The van der Waals surface area contributed by atoms with E-state index < -0.39 is 10.0 Å². The largest absolute Gasteiger partial charge is 0.384 e. The molecule has 0 amide bonds. The van der Waals surface area contributed by atoms with Crippen LogP contribution < -0.4 is 0 Å². The molecule has 0 N–H and O–H groups in total. The number of sulfonamides is 1. The topological polar surface area (TPSA) is 70.4 Å². The van der Waals surface area contributed by atoms with Crippen molar-refractivity contribution in [3.8, 4) is 6.07 Å². The van der Waals surface area contributed by atoms with Crippen molar-refractivity contribution in [3.63, 3.8) is 0 Å². The summed E-state index contributed by atoms with van der Waals surface area (Å²) < 4.78 is 29.6. The van der Waals surface area contributed by atoms with E-state index in [1.54, 1.807) is 0 Å². The molecule has 0 spiro atoms. The van der Waals surface area contributed by atoms with Gasteiger partial charge in [0.05, 0.1) is 24.3 Å². The third kappa shape index (κ3) is 3.45. The molecule has 6 heteroatoms. The van der Waals surface area contributed by atoms with Crippen molar-refractivity contribution >= 4 is 10.0 Å². The average Bonchev–Trinajstić information content (AvgIpc) is 2.26. The number of methoxy groups -OCH3 is 1. The summed E-state index contributed by atoms with van der Waals surface area (Å²) >= 11 is 0. The first-order valence-corrected chi connectivity index (χ1v) is 6.57. The summed E-state index contributed by atoms with van der Waals surface area (Å²) in [4.78, 5) is 0. The molecule has 1 aliphatic rings. The molecule has 0 saturated carbocycles. The van der Waals surface area contributed by atoms with E-state index in [1.807, 2.05) is 0 Å². The van der Waals surface area contributed by atoms with Crippen LogP contribution in [0.15, 0.2) is 0 Å². The number of piperidine rings is 1. The highest BCUT2D eigenvalue weighted by molar-refractivity contribution is 7.89. The van der Waals surface area contributed by atoms with E-state index in [-0.39, 0.29) is 18.3 Å². The normalized spacial score (nSPS) is 23.6. The molecule has 5 nitrogen and oxygen atoms in total. The van der Waals surface area contributed by atoms with Gasteiger partial charge in [-0.05, 0) is 12.8 Å². The Morgan fingerprint density at radius 2 is 2.33 bits per heavy atom. The number of hydrogen-bond acceptors (Lipinski definition) is 4. The molecule has 0 aromatic carbocycles. The lowest BCUT2D eigenvalue weighted by atomic mass is 10.0. The van der Waals surface area contributed by atoms with Gasteiger partial charge in [0.2, 0.25) is 10.0 Å². The maximum absolute atomic E-state index is 11.7. The first-order chi connectivity index (χ1) is 7.10. The molecule has 0 aromatic rings. The van der Waals surface area contributed by atoms with Gasteiger partial charge in [0.1, 0.15) is 0 Å². The van der Waals surface area contributed by atoms with E-state index in [0.717, 1.165) is 12.8 Å². The van der Waals surface area contributed by atoms with E-state index in [1.165, 1.54) is 11.4 Å². The standard InChI is InChI=1S/C9H16N2O3S/c1-14-5-6-15(12,13)11-4-2-3-9(7-10)8-11/h9H,2-6,8H2,1H3. The van der Waals surface area contributed by atoms with Crippen LogP contribution in [-0.4, -0.2) is 45.3 Å². The van der Waals surface area contributed by atoms with Crippen LogP contribution in [0.4, 0.5) is 0 Å². The van der Waals surface area contributed by atoms with Crippen molar-refractivity contribution < 1.29 is 13.2 Å². The summed E-state index contributed by atoms with van der Waals surface area (Å²) in [6.45, 7) is 1.07. The van der Waals surface area contributed by atoms with Crippen LogP contribution in [-0.2, 0) is 14.8 Å². The van der Waals surface area contributed by atoms with E-state index in [2.05, 4.69) is 6.07 Å². The molecule has 15 heavy (non-hydrogen) atoms. The zero-order valence-electron chi connectivity index (χ0n) is 8.85. The lowest BCUT2D eigenvalue weighted by Crippen LogP contribution is -2.41. The second-order valence-corrected chi connectivity index (χ2v) is 5.72. The van der Waals surface area contributed by atoms with Gasteiger partial charge >= 0.3 is 0 Å². The Morgan fingerprint density at radius 3 is 2.93 bits per heavy atom. The minimum absolute atomic E-state index is 0.00164. The average molecular weight is 232 g/mol. The van der Waals surface area contributed by atoms with Crippen LogP contribution in [0.3, 0.4) is 0 Å². The van der Waals surface area contributed by atoms with Gasteiger partial charge in [0.25, 0.3) is 0 Å². The highest BCUT2D eigenvalue weighted by Crippen LogP contribution is 2.18. The Hall–Kier alpha value is -0.640. The second kappa shape index (κ2) is 5.45. The molecule has 0 radical (unpaired) electrons. The first-order valence-electron chi connectivity index (χ1n) is 4.96. The molecule has 0 bridgehead atoms. The Labute approximate surface area is 90.7 Å². The van der Waals surface area contributed by atoms with Crippen molar-refractivity contribution in [1.29, 1.82) is 5.26 Å². The number of nitriles is 1. The van der Waals surface area contributed by atoms with Crippen LogP contribution in [0.1, 0.15) is 12.8 Å². The summed E-state index contributed by atoms with van der Waals surface area (Å²) in [7, 11) is -1.76. The fourth-order valence-corrected chi connectivity index (χ4v) is 3.07. The van der Waals surface area contributed by atoms with Gasteiger partial charge in [-0.1, -0.05) is 0 Å². The van der Waals surface area contributed by atoms with Crippen molar-refractivity contribution in [1.82, 2.24) is 4.31 Å². The quantitative estimate of drug-likeness (QED) is 0.694. The van der Waals surface area contributed by atoms with Crippen LogP contribution in [0.25, 0.3) is 0 Å². The lowest BCUT2D eigenvalue weighted by Gasteiger charge is -2.28. The molecule has 1 rings (SSSR count). The summed E-state index contributed by atoms with van der Waals surface area (Å²) in [6, 6.07) is 2.12. The van der Waals surface area contributed by atoms with E-state index in [0.29, 0.717) is 13.1 Å². The van der Waals surface area contributed by atoms with Gasteiger partial charge in [-0.3, -0.25) is 0 Å². The molecular formula is C9H16N2O3S. The van der Waals surface area contributed by atoms with E-state index in [9.17, 15) is 8.42 Å². The Balaban J connectivity index is 2.59. The monoisotopic (exact) mass is 232 g/mol. The van der Waals surface area contributed by atoms with Crippen molar-refractivity contribution in [3.05, 3.63) is 0 Å². The summed E-state index contributed by atoms with van der Waals surface area (Å²) in [5.41, 5.74) is 0. The highest BCUT2D eigenvalue weighted by atomic mass is 32.2. The maximum Gasteiger partial charge on any atom is 0.216 e. The fourth-order valence-electron chi connectivity index (χ4n) is 1.62. The van der Waals surface area contributed by atoms with Gasteiger partial charge in [-0.15, -0.1) is 0 Å². The molecule has 0 aromatic heterocycles. The van der Waals surface area contributed by atoms with Crippen molar-refractivity contribution in [2.24, 2.45) is 5.92 Å². The first kappa shape index (κ1) is 12.4. The van der Waals surface area contributed by atoms with E-state index in [4.69, 9.17) is 10.00 Å². The number of ether oxygens (including phenoxy) is 1. The number of rotatable bonds is 4. The number of hydrogen-bond donors (Lipinski definition) is 0. The molecule has 1 fully saturated rings. The third-order valence-corrected chi connectivity index (χ3v) is 4.31. The van der Waals surface area contributed by atoms with Gasteiger partial charge in [-0.25, -0.2) is 12.7 Å². The second-order valence-electron chi connectivity index (χ2n) is 3.64. The van der Waals surface area contributed by atoms with Crippen LogP contribution in [0, 0.1) is 17.2 Å². The van der Waals surface area contributed by atoms with Gasteiger partial charge < -0.3 is 4.74 Å². The molecule has 1 saturated heterocycles. The Kier molecular flexibility index (Phi) is 4.51. The zero-order chi connectivity index (χ0) is 11.3. The number of nitrogens with zero attached hydrogens (tertiary/aromatic N) is 2. The van der Waals surface area contributed by atoms with Gasteiger partial charge in [0.15, 0.2) is 0 Å². The SMILES string of the molecule is COCCS(=O)(=O)N1CCCC(C#N)C1. The van der Waals surface area contributed by atoms with Crippen molar-refractivity contribution in [2.45, 2.75) is 12.8 Å². The summed E-state index contributed by atoms with van der Waals surface area (Å²) in [5, 5.41) is 8.75. The Bertz CT molecular complexity index is 334. The smallest absolute Gasteiger partial charge is 0.216 e. The molecule has 86 valence electrons. The molecule has 1 unspecified atom stereocenters. The van der Waals surface area contributed by atoms with E-state index >= 15 is 0 Å². The zero-order valence-corrected chi connectivity index (χ0v) is 9.66. The summed E-state index contributed by atoms with van der Waals surface area (Å²) in [5.74, 6) is -0.155. The lowest BCUT2D eigenvalue weighted by molar-refractivity contribution is 0.214. The van der Waals surface area contributed by atoms with Gasteiger partial charge in [0, 0.05) is 20.2 Å². The fraction of sp³-hybridized carbons (Fsp3) is 0.889. The predicted molar refractivity (Wildman–Crippen MR) is 55.6 cm³/mol. The van der Waals surface area contributed by atoms with Crippen LogP contribution >= 0.6 is 0 Å². The maximum atomic E-state index is 11.7. The molecule has 1 atom stereocenters. The van der Waals surface area contributed by atoms with Crippen LogP contribution in [0.5, 0.6) is 0 Å². The minimum Gasteiger partial charge on any atom is -0.384 e. The molecule has 1 aliphatic heterocycles.